The van der Waals surface area contributed by atoms with Gasteiger partial charge in [0, 0.05) is 50.3 Å². The molecule has 3 N–H and O–H groups in total. The van der Waals surface area contributed by atoms with Crippen molar-refractivity contribution in [2.24, 2.45) is 0 Å². The molecule has 2 amide bonds. The fourth-order valence-corrected chi connectivity index (χ4v) is 4.22. The number of halogens is 2. The first-order valence-electron chi connectivity index (χ1n) is 12.0. The van der Waals surface area contributed by atoms with Gasteiger partial charge in [-0.3, -0.25) is 14.9 Å². The molecule has 2 fully saturated rings. The van der Waals surface area contributed by atoms with Crippen molar-refractivity contribution in [3.8, 4) is 0 Å². The molecule has 32 heavy (non-hydrogen) atoms. The molecule has 0 bridgehead atoms. The van der Waals surface area contributed by atoms with Crippen molar-refractivity contribution in [1.29, 1.82) is 0 Å². The highest BCUT2D eigenvalue weighted by atomic mass is 19.3. The van der Waals surface area contributed by atoms with E-state index in [-0.39, 0.29) is 30.7 Å². The maximum atomic E-state index is 13.1. The molecule has 2 aliphatic heterocycles. The van der Waals surface area contributed by atoms with E-state index in [2.05, 4.69) is 20.9 Å². The third kappa shape index (κ3) is 8.37. The van der Waals surface area contributed by atoms with Gasteiger partial charge in [-0.05, 0) is 50.1 Å². The Morgan fingerprint density at radius 2 is 1.56 bits per heavy atom. The topological polar surface area (TPSA) is 73.5 Å². The highest BCUT2D eigenvalue weighted by molar-refractivity contribution is 6.01. The summed E-state index contributed by atoms with van der Waals surface area (Å²) in [6, 6.07) is 7.50. The SMILES string of the molecule is O=C1CCC(Nc2ccc(NCCCCCCCCN3CCC(F)(F)CC3)cc2)C(=O)N1. The Balaban J connectivity index is 1.18. The summed E-state index contributed by atoms with van der Waals surface area (Å²) in [6.45, 7) is 2.94. The molecule has 3 rings (SSSR count). The summed E-state index contributed by atoms with van der Waals surface area (Å²) in [7, 11) is 0. The van der Waals surface area contributed by atoms with Crippen molar-refractivity contribution in [2.75, 3.05) is 36.8 Å². The van der Waals surface area contributed by atoms with Crippen LogP contribution in [-0.4, -0.2) is 54.9 Å². The molecule has 1 atom stereocenters. The second-order valence-corrected chi connectivity index (χ2v) is 8.97. The first-order valence-corrected chi connectivity index (χ1v) is 12.0. The summed E-state index contributed by atoms with van der Waals surface area (Å²) in [6.07, 6.45) is 7.86. The van der Waals surface area contributed by atoms with Crippen molar-refractivity contribution in [2.45, 2.75) is 76.2 Å². The van der Waals surface area contributed by atoms with E-state index in [0.717, 1.165) is 37.3 Å². The molecule has 0 spiro atoms. The van der Waals surface area contributed by atoms with Crippen LogP contribution in [0, 0.1) is 0 Å². The summed E-state index contributed by atoms with van der Waals surface area (Å²) in [5.41, 5.74) is 1.91. The average molecular weight is 451 g/mol. The highest BCUT2D eigenvalue weighted by Crippen LogP contribution is 2.27. The van der Waals surface area contributed by atoms with Crippen LogP contribution >= 0.6 is 0 Å². The van der Waals surface area contributed by atoms with E-state index in [0.29, 0.717) is 25.9 Å². The summed E-state index contributed by atoms with van der Waals surface area (Å²) in [5, 5.41) is 8.95. The molecule has 1 aromatic carbocycles. The van der Waals surface area contributed by atoms with Crippen LogP contribution in [0.2, 0.25) is 0 Å². The van der Waals surface area contributed by atoms with Gasteiger partial charge in [0.2, 0.25) is 11.8 Å². The maximum absolute atomic E-state index is 13.1. The zero-order valence-corrected chi connectivity index (χ0v) is 18.8. The number of carbonyl (C=O) groups excluding carboxylic acids is 2. The van der Waals surface area contributed by atoms with Crippen molar-refractivity contribution >= 4 is 23.2 Å². The molecule has 0 radical (unpaired) electrons. The lowest BCUT2D eigenvalue weighted by atomic mass is 10.1. The lowest BCUT2D eigenvalue weighted by Gasteiger charge is -2.31. The van der Waals surface area contributed by atoms with Crippen LogP contribution in [0.15, 0.2) is 24.3 Å². The first kappa shape index (κ1) is 24.4. The predicted octanol–water partition coefficient (Wildman–Crippen LogP) is 4.39. The molecule has 178 valence electrons. The number of anilines is 2. The van der Waals surface area contributed by atoms with Gasteiger partial charge >= 0.3 is 0 Å². The van der Waals surface area contributed by atoms with E-state index in [1.54, 1.807) is 0 Å². The number of unbranched alkanes of at least 4 members (excludes halogenated alkanes) is 5. The van der Waals surface area contributed by atoms with Crippen molar-refractivity contribution < 1.29 is 18.4 Å². The third-order valence-electron chi connectivity index (χ3n) is 6.28. The number of hydrogen-bond acceptors (Lipinski definition) is 5. The number of nitrogens with zero attached hydrogens (tertiary/aromatic N) is 1. The number of hydrogen-bond donors (Lipinski definition) is 3. The fourth-order valence-electron chi connectivity index (χ4n) is 4.22. The van der Waals surface area contributed by atoms with E-state index in [1.807, 2.05) is 24.3 Å². The summed E-state index contributed by atoms with van der Waals surface area (Å²) >= 11 is 0. The molecule has 0 saturated carbocycles. The molecule has 1 unspecified atom stereocenters. The molecular weight excluding hydrogens is 414 g/mol. The first-order chi connectivity index (χ1) is 15.4. The Hall–Kier alpha value is -2.22. The Kier molecular flexibility index (Phi) is 9.26. The number of benzene rings is 1. The van der Waals surface area contributed by atoms with Crippen LogP contribution in [-0.2, 0) is 9.59 Å². The Morgan fingerprint density at radius 3 is 2.25 bits per heavy atom. The Labute approximate surface area is 189 Å². The summed E-state index contributed by atoms with van der Waals surface area (Å²) in [5.74, 6) is -2.92. The van der Waals surface area contributed by atoms with E-state index >= 15 is 0 Å². The van der Waals surface area contributed by atoms with Gasteiger partial charge in [-0.25, -0.2) is 8.78 Å². The average Bonchev–Trinajstić information content (AvgIpc) is 2.76. The minimum atomic E-state index is -2.45. The maximum Gasteiger partial charge on any atom is 0.250 e. The molecule has 2 heterocycles. The number of imide groups is 1. The van der Waals surface area contributed by atoms with E-state index in [9.17, 15) is 18.4 Å². The van der Waals surface area contributed by atoms with Gasteiger partial charge in [0.15, 0.2) is 0 Å². The predicted molar refractivity (Wildman–Crippen MR) is 123 cm³/mol. The van der Waals surface area contributed by atoms with Crippen LogP contribution in [0.4, 0.5) is 20.2 Å². The molecule has 2 aliphatic rings. The zero-order valence-electron chi connectivity index (χ0n) is 18.8. The van der Waals surface area contributed by atoms with Crippen molar-refractivity contribution in [1.82, 2.24) is 10.2 Å². The second-order valence-electron chi connectivity index (χ2n) is 8.97. The number of amides is 2. The van der Waals surface area contributed by atoms with Crippen LogP contribution in [0.1, 0.15) is 64.2 Å². The molecule has 0 aliphatic carbocycles. The van der Waals surface area contributed by atoms with E-state index in [4.69, 9.17) is 0 Å². The minimum absolute atomic E-state index is 0.0130. The Bertz CT molecular complexity index is 732. The summed E-state index contributed by atoms with van der Waals surface area (Å²) < 4.78 is 26.3. The highest BCUT2D eigenvalue weighted by Gasteiger charge is 2.33. The van der Waals surface area contributed by atoms with Crippen molar-refractivity contribution in [3.63, 3.8) is 0 Å². The number of piperidine rings is 2. The van der Waals surface area contributed by atoms with Crippen LogP contribution in [0.3, 0.4) is 0 Å². The lowest BCUT2D eigenvalue weighted by molar-refractivity contribution is -0.133. The fraction of sp³-hybridized carbons (Fsp3) is 0.667. The number of nitrogens with one attached hydrogen (secondary N) is 3. The van der Waals surface area contributed by atoms with Crippen molar-refractivity contribution in [3.05, 3.63) is 24.3 Å². The molecule has 1 aromatic rings. The Morgan fingerprint density at radius 1 is 0.938 bits per heavy atom. The van der Waals surface area contributed by atoms with Gasteiger partial charge in [0.25, 0.3) is 5.92 Å². The quantitative estimate of drug-likeness (QED) is 0.325. The number of carbonyl (C=O) groups is 2. The molecule has 0 aromatic heterocycles. The van der Waals surface area contributed by atoms with Gasteiger partial charge in [0.05, 0.1) is 0 Å². The van der Waals surface area contributed by atoms with Crippen LogP contribution in [0.5, 0.6) is 0 Å². The summed E-state index contributed by atoms with van der Waals surface area (Å²) in [4.78, 5) is 25.2. The van der Waals surface area contributed by atoms with Crippen LogP contribution < -0.4 is 16.0 Å². The third-order valence-corrected chi connectivity index (χ3v) is 6.28. The zero-order chi connectivity index (χ0) is 22.8. The number of rotatable bonds is 12. The molecule has 6 nitrogen and oxygen atoms in total. The van der Waals surface area contributed by atoms with Gasteiger partial charge in [-0.1, -0.05) is 25.7 Å². The van der Waals surface area contributed by atoms with Gasteiger partial charge in [-0.2, -0.15) is 0 Å². The monoisotopic (exact) mass is 450 g/mol. The number of likely N-dealkylation sites (tertiary alicyclic amines) is 1. The van der Waals surface area contributed by atoms with Crippen LogP contribution in [0.25, 0.3) is 0 Å². The second kappa shape index (κ2) is 12.1. The van der Waals surface area contributed by atoms with Gasteiger partial charge < -0.3 is 15.5 Å². The molecular formula is C24H36F2N4O2. The normalized spacial score (nSPS) is 21.2. The lowest BCUT2D eigenvalue weighted by Crippen LogP contribution is -2.47. The van der Waals surface area contributed by atoms with E-state index < -0.39 is 5.92 Å². The minimum Gasteiger partial charge on any atom is -0.385 e. The van der Waals surface area contributed by atoms with E-state index in [1.165, 1.54) is 25.7 Å². The smallest absolute Gasteiger partial charge is 0.250 e. The van der Waals surface area contributed by atoms with Gasteiger partial charge in [0.1, 0.15) is 6.04 Å². The van der Waals surface area contributed by atoms with Gasteiger partial charge in [-0.15, -0.1) is 0 Å². The number of alkyl halides is 2. The largest absolute Gasteiger partial charge is 0.385 e. The standard InChI is InChI=1S/C24H36F2N4O2/c25-24(26)13-17-30(18-14-24)16-6-4-2-1-3-5-15-27-19-7-9-20(10-8-19)28-21-11-12-22(31)29-23(21)32/h7-10,21,27-28H,1-6,11-18H2,(H,29,31,32). The molecule has 2 saturated heterocycles. The molecule has 8 heteroatoms.